The Hall–Kier alpha value is -2.09. The Morgan fingerprint density at radius 3 is 3.00 bits per heavy atom. The Balaban J connectivity index is 0.00000156. The summed E-state index contributed by atoms with van der Waals surface area (Å²) >= 11 is 0. The lowest BCUT2D eigenvalue weighted by Crippen LogP contribution is -2.32. The lowest BCUT2D eigenvalue weighted by molar-refractivity contribution is 0.596. The summed E-state index contributed by atoms with van der Waals surface area (Å²) in [5.41, 5.74) is 3.60. The molecule has 0 saturated heterocycles. The average Bonchev–Trinajstić information content (AvgIpc) is 3.22. The van der Waals surface area contributed by atoms with Gasteiger partial charge in [0.1, 0.15) is 0 Å². The van der Waals surface area contributed by atoms with Crippen LogP contribution in [0.5, 0.6) is 0 Å². The molecule has 2 unspecified atom stereocenters. The molecule has 1 aromatic carbocycles. The van der Waals surface area contributed by atoms with Gasteiger partial charge in [0.05, 0.1) is 11.4 Å². The van der Waals surface area contributed by atoms with E-state index in [9.17, 15) is 0 Å². The second kappa shape index (κ2) is 4.70. The summed E-state index contributed by atoms with van der Waals surface area (Å²) < 4.78 is 0. The fraction of sp³-hybridized carbons (Fsp3) is 0.350. The molecule has 0 aromatic heterocycles. The number of allylic oxidation sites excluding steroid dienone is 6. The maximum Gasteiger partial charge on any atom is 0.0864 e. The molecule has 1 saturated carbocycles. The van der Waals surface area contributed by atoms with Gasteiger partial charge in [-0.15, -0.1) is 0 Å². The predicted octanol–water partition coefficient (Wildman–Crippen LogP) is 5.29. The lowest BCUT2D eigenvalue weighted by Gasteiger charge is -2.25. The Kier molecular flexibility index (Phi) is 2.90. The van der Waals surface area contributed by atoms with Gasteiger partial charge in [0.25, 0.3) is 0 Å². The van der Waals surface area contributed by atoms with E-state index in [0.717, 1.165) is 23.5 Å². The van der Waals surface area contributed by atoms with Crippen LogP contribution >= 0.6 is 0 Å². The quantitative estimate of drug-likeness (QED) is 0.787. The van der Waals surface area contributed by atoms with Crippen LogP contribution in [0.3, 0.4) is 0 Å². The average molecular weight is 292 g/mol. The highest BCUT2D eigenvalue weighted by molar-refractivity contribution is 5.99. The third-order valence-corrected chi connectivity index (χ3v) is 4.81. The molecular weight excluding hydrogens is 268 g/mol. The Morgan fingerprint density at radius 1 is 1.27 bits per heavy atom. The van der Waals surface area contributed by atoms with Crippen molar-refractivity contribution in [2.45, 2.75) is 32.2 Å². The first-order valence-electron chi connectivity index (χ1n) is 8.06. The molecule has 1 N–H and O–H groups in total. The highest BCUT2D eigenvalue weighted by Gasteiger charge is 2.49. The number of para-hydroxylation sites is 2. The van der Waals surface area contributed by atoms with Crippen molar-refractivity contribution in [3.8, 4) is 0 Å². The van der Waals surface area contributed by atoms with Crippen LogP contribution in [-0.4, -0.2) is 11.3 Å². The van der Waals surface area contributed by atoms with Crippen LogP contribution in [0, 0.1) is 11.3 Å². The Morgan fingerprint density at radius 2 is 2.14 bits per heavy atom. The highest BCUT2D eigenvalue weighted by atomic mass is 15.0. The molecule has 1 aliphatic heterocycles. The molecule has 0 bridgehead atoms. The number of anilines is 1. The van der Waals surface area contributed by atoms with Gasteiger partial charge in [-0.25, -0.2) is 0 Å². The normalized spacial score (nSPS) is 31.0. The van der Waals surface area contributed by atoms with E-state index in [0.29, 0.717) is 5.92 Å². The molecule has 2 aliphatic carbocycles. The summed E-state index contributed by atoms with van der Waals surface area (Å²) in [5.74, 6) is 0.693. The smallest absolute Gasteiger partial charge is 0.0864 e. The van der Waals surface area contributed by atoms with Crippen molar-refractivity contribution >= 4 is 17.1 Å². The number of nitrogens with zero attached hydrogens (tertiary/aromatic N) is 1. The van der Waals surface area contributed by atoms with Crippen LogP contribution in [0.25, 0.3) is 0 Å². The summed E-state index contributed by atoms with van der Waals surface area (Å²) in [6, 6.07) is 8.30. The van der Waals surface area contributed by atoms with Crippen molar-refractivity contribution < 1.29 is 1.43 Å². The molecule has 22 heavy (non-hydrogen) atoms. The van der Waals surface area contributed by atoms with E-state index >= 15 is 0 Å². The van der Waals surface area contributed by atoms with E-state index in [1.807, 2.05) is 6.07 Å². The van der Waals surface area contributed by atoms with E-state index in [2.05, 4.69) is 73.8 Å². The number of aliphatic imine (C=N–C) groups is 1. The van der Waals surface area contributed by atoms with Crippen LogP contribution < -0.4 is 5.32 Å². The summed E-state index contributed by atoms with van der Waals surface area (Å²) in [5, 5.41) is 3.61. The number of rotatable bonds is 2. The zero-order valence-electron chi connectivity index (χ0n) is 13.2. The molecular formula is C20H24N2. The molecule has 114 valence electrons. The van der Waals surface area contributed by atoms with Crippen LogP contribution in [0.15, 0.2) is 65.7 Å². The second-order valence-corrected chi connectivity index (χ2v) is 7.31. The summed E-state index contributed by atoms with van der Waals surface area (Å²) in [6.45, 7) is 4.47. The molecule has 1 heterocycles. The molecule has 3 aliphatic rings. The van der Waals surface area contributed by atoms with Crippen molar-refractivity contribution in [1.29, 1.82) is 0 Å². The van der Waals surface area contributed by atoms with Gasteiger partial charge in [-0.1, -0.05) is 42.5 Å². The summed E-state index contributed by atoms with van der Waals surface area (Å²) in [7, 11) is 0. The molecule has 0 radical (unpaired) electrons. The van der Waals surface area contributed by atoms with Gasteiger partial charge in [-0.3, -0.25) is 4.99 Å². The molecule has 1 fully saturated rings. The second-order valence-electron chi connectivity index (χ2n) is 7.31. The fourth-order valence-corrected chi connectivity index (χ4v) is 3.52. The zero-order valence-corrected chi connectivity index (χ0v) is 13.2. The topological polar surface area (TPSA) is 24.4 Å². The first kappa shape index (κ1) is 13.6. The number of hydrogen-bond donors (Lipinski definition) is 1. The van der Waals surface area contributed by atoms with Gasteiger partial charge < -0.3 is 5.32 Å². The third kappa shape index (κ3) is 2.43. The minimum atomic E-state index is 0. The SMILES string of the molecule is CC1(C)CC(/C=C/C23C=CC=CC2C3)=Nc2ccccc2N1.[HH]. The van der Waals surface area contributed by atoms with Crippen LogP contribution in [0.2, 0.25) is 0 Å². The number of benzene rings is 1. The maximum atomic E-state index is 4.89. The Labute approximate surface area is 133 Å². The van der Waals surface area contributed by atoms with Gasteiger partial charge in [-0.05, 0) is 44.4 Å². The van der Waals surface area contributed by atoms with Crippen LogP contribution in [0.4, 0.5) is 11.4 Å². The van der Waals surface area contributed by atoms with Gasteiger partial charge in [0.15, 0.2) is 0 Å². The van der Waals surface area contributed by atoms with Gasteiger partial charge in [0.2, 0.25) is 0 Å². The minimum Gasteiger partial charge on any atom is -0.378 e. The molecule has 0 amide bonds. The molecule has 4 rings (SSSR count). The zero-order chi connectivity index (χ0) is 15.2. The van der Waals surface area contributed by atoms with Crippen molar-refractivity contribution in [2.24, 2.45) is 16.3 Å². The number of hydrogen-bond acceptors (Lipinski definition) is 2. The van der Waals surface area contributed by atoms with E-state index in [1.54, 1.807) is 0 Å². The van der Waals surface area contributed by atoms with Crippen LogP contribution in [-0.2, 0) is 0 Å². The predicted molar refractivity (Wildman–Crippen MR) is 95.9 cm³/mol. The monoisotopic (exact) mass is 292 g/mol. The van der Waals surface area contributed by atoms with Crippen molar-refractivity contribution in [2.75, 3.05) is 5.32 Å². The first-order valence-corrected chi connectivity index (χ1v) is 8.06. The lowest BCUT2D eigenvalue weighted by atomic mass is 9.94. The Bertz CT molecular complexity index is 727. The van der Waals surface area contributed by atoms with Gasteiger partial charge >= 0.3 is 0 Å². The first-order chi connectivity index (χ1) is 10.6. The molecule has 2 heteroatoms. The molecule has 0 spiro atoms. The standard InChI is InChI=1S/C20H22N2.H2/c1-19(2)14-16(21-17-8-3-4-9-18(17)22-19)10-12-20-11-6-5-7-15(20)13-20;/h3-12,15,22H,13-14H2,1-2H3;1H/b12-10+;. The van der Waals surface area contributed by atoms with E-state index in [1.165, 1.54) is 6.42 Å². The van der Waals surface area contributed by atoms with E-state index < -0.39 is 0 Å². The number of nitrogens with one attached hydrogen (secondary N) is 1. The van der Waals surface area contributed by atoms with Crippen molar-refractivity contribution in [1.82, 2.24) is 0 Å². The summed E-state index contributed by atoms with van der Waals surface area (Å²) in [6.07, 6.45) is 15.8. The van der Waals surface area contributed by atoms with E-state index in [-0.39, 0.29) is 12.4 Å². The third-order valence-electron chi connectivity index (χ3n) is 4.81. The van der Waals surface area contributed by atoms with Gasteiger partial charge in [-0.2, -0.15) is 0 Å². The van der Waals surface area contributed by atoms with Gasteiger partial charge in [0, 0.05) is 24.5 Å². The summed E-state index contributed by atoms with van der Waals surface area (Å²) in [4.78, 5) is 4.89. The largest absolute Gasteiger partial charge is 0.378 e. The number of fused-ring (bicyclic) bond motifs is 2. The molecule has 2 atom stereocenters. The van der Waals surface area contributed by atoms with Crippen LogP contribution in [0.1, 0.15) is 28.1 Å². The maximum absolute atomic E-state index is 4.89. The molecule has 1 aromatic rings. The highest BCUT2D eigenvalue weighted by Crippen LogP contribution is 2.57. The van der Waals surface area contributed by atoms with E-state index in [4.69, 9.17) is 4.99 Å². The van der Waals surface area contributed by atoms with Crippen molar-refractivity contribution in [3.05, 3.63) is 60.7 Å². The fourth-order valence-electron chi connectivity index (χ4n) is 3.52. The minimum absolute atomic E-state index is 0. The van der Waals surface area contributed by atoms with Crippen molar-refractivity contribution in [3.63, 3.8) is 0 Å². The molecule has 2 nitrogen and oxygen atoms in total.